The molecule has 2 aliphatic rings. The van der Waals surface area contributed by atoms with E-state index in [1.54, 1.807) is 7.11 Å². The van der Waals surface area contributed by atoms with Gasteiger partial charge in [0.2, 0.25) is 5.88 Å². The standard InChI is InChI=1S/C14H24N4O/c1-9-13(14(19-4)17(3)16-9)8-18-7-11-5-15-6-12(11)10(18)2/h10-12,15H,5-8H2,1-4H3. The Hall–Kier alpha value is -1.07. The molecule has 3 heterocycles. The number of aryl methyl sites for hydroxylation is 2. The number of hydrogen-bond acceptors (Lipinski definition) is 4. The number of nitrogens with zero attached hydrogens (tertiary/aromatic N) is 3. The molecule has 5 heteroatoms. The quantitative estimate of drug-likeness (QED) is 0.876. The Balaban J connectivity index is 1.79. The molecular formula is C14H24N4O. The van der Waals surface area contributed by atoms with Crippen molar-refractivity contribution in [3.05, 3.63) is 11.3 Å². The van der Waals surface area contributed by atoms with E-state index >= 15 is 0 Å². The van der Waals surface area contributed by atoms with E-state index in [0.717, 1.165) is 30.0 Å². The lowest BCUT2D eigenvalue weighted by molar-refractivity contribution is 0.227. The van der Waals surface area contributed by atoms with E-state index in [1.165, 1.54) is 25.2 Å². The Morgan fingerprint density at radius 3 is 2.89 bits per heavy atom. The summed E-state index contributed by atoms with van der Waals surface area (Å²) < 4.78 is 7.34. The monoisotopic (exact) mass is 264 g/mol. The van der Waals surface area contributed by atoms with Gasteiger partial charge in [-0.05, 0) is 38.8 Å². The lowest BCUT2D eigenvalue weighted by Gasteiger charge is -2.24. The predicted octanol–water partition coefficient (Wildman–Crippen LogP) is 0.777. The summed E-state index contributed by atoms with van der Waals surface area (Å²) in [5, 5.41) is 7.98. The largest absolute Gasteiger partial charge is 0.481 e. The van der Waals surface area contributed by atoms with Gasteiger partial charge in [0.1, 0.15) is 0 Å². The average Bonchev–Trinajstić information content (AvgIpc) is 3.00. The second-order valence-electron chi connectivity index (χ2n) is 5.95. The fourth-order valence-corrected chi connectivity index (χ4v) is 3.79. The van der Waals surface area contributed by atoms with E-state index in [-0.39, 0.29) is 0 Å². The topological polar surface area (TPSA) is 42.3 Å². The van der Waals surface area contributed by atoms with Crippen LogP contribution in [0.2, 0.25) is 0 Å². The highest BCUT2D eigenvalue weighted by atomic mass is 16.5. The summed E-state index contributed by atoms with van der Waals surface area (Å²) in [5.41, 5.74) is 2.33. The fraction of sp³-hybridized carbons (Fsp3) is 0.786. The van der Waals surface area contributed by atoms with Crippen LogP contribution in [0.15, 0.2) is 0 Å². The number of ether oxygens (including phenoxy) is 1. The number of methoxy groups -OCH3 is 1. The lowest BCUT2D eigenvalue weighted by atomic mass is 9.95. The second kappa shape index (κ2) is 4.80. The Morgan fingerprint density at radius 2 is 2.21 bits per heavy atom. The van der Waals surface area contributed by atoms with Crippen molar-refractivity contribution in [1.82, 2.24) is 20.0 Å². The molecule has 0 aliphatic carbocycles. The number of likely N-dealkylation sites (tertiary alicyclic amines) is 1. The summed E-state index contributed by atoms with van der Waals surface area (Å²) >= 11 is 0. The summed E-state index contributed by atoms with van der Waals surface area (Å²) in [6, 6.07) is 0.643. The van der Waals surface area contributed by atoms with Crippen LogP contribution < -0.4 is 10.1 Å². The minimum atomic E-state index is 0.643. The first kappa shape index (κ1) is 12.9. The first-order valence-electron chi connectivity index (χ1n) is 7.13. The SMILES string of the molecule is COc1c(CN2CC3CNCC3C2C)c(C)nn1C. The van der Waals surface area contributed by atoms with E-state index in [4.69, 9.17) is 4.74 Å². The lowest BCUT2D eigenvalue weighted by Crippen LogP contribution is -2.33. The summed E-state index contributed by atoms with van der Waals surface area (Å²) in [6.45, 7) is 8.92. The molecule has 3 rings (SSSR count). The van der Waals surface area contributed by atoms with Gasteiger partial charge in [-0.2, -0.15) is 5.10 Å². The summed E-state index contributed by atoms with van der Waals surface area (Å²) in [7, 11) is 3.67. The van der Waals surface area contributed by atoms with Gasteiger partial charge in [0.05, 0.1) is 18.4 Å². The number of hydrogen-bond donors (Lipinski definition) is 1. The second-order valence-corrected chi connectivity index (χ2v) is 5.95. The van der Waals surface area contributed by atoms with Crippen LogP contribution in [0, 0.1) is 18.8 Å². The molecule has 2 saturated heterocycles. The van der Waals surface area contributed by atoms with Crippen molar-refractivity contribution in [2.24, 2.45) is 18.9 Å². The van der Waals surface area contributed by atoms with Crippen molar-refractivity contribution in [2.75, 3.05) is 26.7 Å². The van der Waals surface area contributed by atoms with Crippen LogP contribution in [0.3, 0.4) is 0 Å². The van der Waals surface area contributed by atoms with E-state index < -0.39 is 0 Å². The molecule has 1 aromatic heterocycles. The van der Waals surface area contributed by atoms with Crippen LogP contribution in [0.1, 0.15) is 18.2 Å². The molecule has 19 heavy (non-hydrogen) atoms. The molecule has 2 fully saturated rings. The Bertz CT molecular complexity index is 470. The van der Waals surface area contributed by atoms with Crippen molar-refractivity contribution in [3.8, 4) is 5.88 Å². The fourth-order valence-electron chi connectivity index (χ4n) is 3.79. The van der Waals surface area contributed by atoms with Crippen LogP contribution in [0.4, 0.5) is 0 Å². The van der Waals surface area contributed by atoms with Crippen LogP contribution in [0.5, 0.6) is 5.88 Å². The highest BCUT2D eigenvalue weighted by Crippen LogP contribution is 2.34. The molecule has 0 saturated carbocycles. The maximum atomic E-state index is 5.50. The molecule has 106 valence electrons. The van der Waals surface area contributed by atoms with Crippen molar-refractivity contribution >= 4 is 0 Å². The molecule has 0 aromatic carbocycles. The van der Waals surface area contributed by atoms with Crippen LogP contribution in [-0.2, 0) is 13.6 Å². The molecule has 3 unspecified atom stereocenters. The minimum Gasteiger partial charge on any atom is -0.481 e. The van der Waals surface area contributed by atoms with Gasteiger partial charge in [-0.15, -0.1) is 0 Å². The third-order valence-corrected chi connectivity index (χ3v) is 4.90. The van der Waals surface area contributed by atoms with Crippen molar-refractivity contribution < 1.29 is 4.74 Å². The summed E-state index contributed by atoms with van der Waals surface area (Å²) in [6.07, 6.45) is 0. The van der Waals surface area contributed by atoms with Gasteiger partial charge in [0, 0.05) is 26.2 Å². The van der Waals surface area contributed by atoms with E-state index in [9.17, 15) is 0 Å². The van der Waals surface area contributed by atoms with Crippen LogP contribution in [0.25, 0.3) is 0 Å². The highest BCUT2D eigenvalue weighted by Gasteiger charge is 2.42. The van der Waals surface area contributed by atoms with Gasteiger partial charge >= 0.3 is 0 Å². The third-order valence-electron chi connectivity index (χ3n) is 4.90. The van der Waals surface area contributed by atoms with Crippen LogP contribution >= 0.6 is 0 Å². The number of aromatic nitrogens is 2. The normalized spacial score (nSPS) is 30.8. The molecule has 5 nitrogen and oxygen atoms in total. The molecule has 0 radical (unpaired) electrons. The molecule has 1 aromatic rings. The Kier molecular flexibility index (Phi) is 3.27. The van der Waals surface area contributed by atoms with Crippen LogP contribution in [-0.4, -0.2) is 47.5 Å². The molecular weight excluding hydrogens is 240 g/mol. The first-order chi connectivity index (χ1) is 9.11. The third kappa shape index (κ3) is 2.05. The van der Waals surface area contributed by atoms with Gasteiger partial charge in [0.25, 0.3) is 0 Å². The first-order valence-corrected chi connectivity index (χ1v) is 7.13. The summed E-state index contributed by atoms with van der Waals surface area (Å²) in [4.78, 5) is 2.59. The van der Waals surface area contributed by atoms with Crippen molar-refractivity contribution in [1.29, 1.82) is 0 Å². The molecule has 2 aliphatic heterocycles. The molecule has 0 bridgehead atoms. The van der Waals surface area contributed by atoms with Gasteiger partial charge in [-0.3, -0.25) is 4.90 Å². The maximum absolute atomic E-state index is 5.50. The molecule has 3 atom stereocenters. The molecule has 0 amide bonds. The maximum Gasteiger partial charge on any atom is 0.216 e. The highest BCUT2D eigenvalue weighted by molar-refractivity contribution is 5.31. The smallest absolute Gasteiger partial charge is 0.216 e. The predicted molar refractivity (Wildman–Crippen MR) is 74.2 cm³/mol. The minimum absolute atomic E-state index is 0.643. The Morgan fingerprint density at radius 1 is 1.42 bits per heavy atom. The van der Waals surface area contributed by atoms with Gasteiger partial charge in [-0.25, -0.2) is 4.68 Å². The number of rotatable bonds is 3. The van der Waals surface area contributed by atoms with E-state index in [0.29, 0.717) is 6.04 Å². The average molecular weight is 264 g/mol. The number of fused-ring (bicyclic) bond motifs is 1. The van der Waals surface area contributed by atoms with Crippen molar-refractivity contribution in [3.63, 3.8) is 0 Å². The van der Waals surface area contributed by atoms with Gasteiger partial charge in [0.15, 0.2) is 0 Å². The Labute approximate surface area is 114 Å². The van der Waals surface area contributed by atoms with E-state index in [1.807, 2.05) is 11.7 Å². The molecule has 1 N–H and O–H groups in total. The zero-order valence-corrected chi connectivity index (χ0v) is 12.3. The summed E-state index contributed by atoms with van der Waals surface area (Å²) in [5.74, 6) is 2.53. The van der Waals surface area contributed by atoms with Gasteiger partial charge in [-0.1, -0.05) is 0 Å². The van der Waals surface area contributed by atoms with E-state index in [2.05, 4.69) is 29.2 Å². The zero-order valence-electron chi connectivity index (χ0n) is 12.3. The number of nitrogens with one attached hydrogen (secondary N) is 1. The van der Waals surface area contributed by atoms with Gasteiger partial charge < -0.3 is 10.1 Å². The molecule has 0 spiro atoms. The zero-order chi connectivity index (χ0) is 13.6. The van der Waals surface area contributed by atoms with Crippen molar-refractivity contribution in [2.45, 2.75) is 26.4 Å².